The Morgan fingerprint density at radius 1 is 1.28 bits per heavy atom. The van der Waals surface area contributed by atoms with Crippen LogP contribution >= 0.6 is 0 Å². The zero-order valence-electron chi connectivity index (χ0n) is 17.1. The third-order valence-corrected chi connectivity index (χ3v) is 7.08. The van der Waals surface area contributed by atoms with E-state index in [1.807, 2.05) is 19.1 Å². The van der Waals surface area contributed by atoms with Crippen molar-refractivity contribution >= 4 is 21.6 Å². The van der Waals surface area contributed by atoms with Gasteiger partial charge >= 0.3 is 6.03 Å². The average Bonchev–Trinajstić information content (AvgIpc) is 3.04. The second-order valence-electron chi connectivity index (χ2n) is 7.58. The lowest BCUT2D eigenvalue weighted by atomic mass is 10.1. The van der Waals surface area contributed by atoms with E-state index in [1.54, 1.807) is 18.1 Å². The van der Waals surface area contributed by atoms with Crippen molar-refractivity contribution in [3.05, 3.63) is 23.8 Å². The van der Waals surface area contributed by atoms with Gasteiger partial charge < -0.3 is 24.4 Å². The van der Waals surface area contributed by atoms with E-state index < -0.39 is 9.84 Å². The maximum atomic E-state index is 12.8. The second kappa shape index (κ2) is 9.77. The van der Waals surface area contributed by atoms with Gasteiger partial charge in [0.2, 0.25) is 0 Å². The Hall–Kier alpha value is -1.84. The first-order chi connectivity index (χ1) is 13.9. The lowest BCUT2D eigenvalue weighted by molar-refractivity contribution is 0.0253. The predicted molar refractivity (Wildman–Crippen MR) is 110 cm³/mol. The molecule has 1 aromatic rings. The normalized spacial score (nSPS) is 21.7. The SMILES string of the molecule is COCCN(C(=O)Nc1ccc(OC2CCOCC2)c(C)c1)[C@@H]1CCS(=O)(=O)C1. The molecule has 2 amide bonds. The number of anilines is 1. The van der Waals surface area contributed by atoms with Crippen molar-refractivity contribution in [1.82, 2.24) is 4.90 Å². The molecule has 0 radical (unpaired) electrons. The zero-order valence-corrected chi connectivity index (χ0v) is 17.9. The molecule has 2 aliphatic heterocycles. The first-order valence-electron chi connectivity index (χ1n) is 10.00. The molecule has 0 aliphatic carbocycles. The Bertz CT molecular complexity index is 807. The van der Waals surface area contributed by atoms with Crippen LogP contribution in [-0.4, -0.2) is 76.5 Å². The molecule has 0 bridgehead atoms. The minimum atomic E-state index is -3.09. The third kappa shape index (κ3) is 6.07. The quantitative estimate of drug-likeness (QED) is 0.719. The molecule has 0 saturated carbocycles. The zero-order chi connectivity index (χ0) is 20.9. The van der Waals surface area contributed by atoms with Gasteiger partial charge in [-0.3, -0.25) is 0 Å². The number of urea groups is 1. The summed E-state index contributed by atoms with van der Waals surface area (Å²) >= 11 is 0. The van der Waals surface area contributed by atoms with Gasteiger partial charge in [-0.05, 0) is 37.1 Å². The van der Waals surface area contributed by atoms with Crippen molar-refractivity contribution in [3.8, 4) is 5.75 Å². The van der Waals surface area contributed by atoms with Crippen LogP contribution in [0.1, 0.15) is 24.8 Å². The predicted octanol–water partition coefficient (Wildman–Crippen LogP) is 2.22. The highest BCUT2D eigenvalue weighted by Gasteiger charge is 2.34. The van der Waals surface area contributed by atoms with Crippen molar-refractivity contribution in [1.29, 1.82) is 0 Å². The number of carbonyl (C=O) groups is 1. The summed E-state index contributed by atoms with van der Waals surface area (Å²) in [6.07, 6.45) is 2.35. The van der Waals surface area contributed by atoms with E-state index >= 15 is 0 Å². The molecule has 1 N–H and O–H groups in total. The molecule has 3 rings (SSSR count). The highest BCUT2D eigenvalue weighted by molar-refractivity contribution is 7.91. The molecule has 0 unspecified atom stereocenters. The number of sulfone groups is 1. The third-order valence-electron chi connectivity index (χ3n) is 5.33. The highest BCUT2D eigenvalue weighted by atomic mass is 32.2. The van der Waals surface area contributed by atoms with Crippen LogP contribution in [-0.2, 0) is 19.3 Å². The summed E-state index contributed by atoms with van der Waals surface area (Å²) in [5, 5.41) is 2.89. The molecule has 2 aliphatic rings. The van der Waals surface area contributed by atoms with Crippen molar-refractivity contribution in [2.24, 2.45) is 0 Å². The van der Waals surface area contributed by atoms with Crippen molar-refractivity contribution in [2.75, 3.05) is 50.3 Å². The number of rotatable bonds is 7. The number of ether oxygens (including phenoxy) is 3. The van der Waals surface area contributed by atoms with E-state index in [9.17, 15) is 13.2 Å². The summed E-state index contributed by atoms with van der Waals surface area (Å²) in [6, 6.07) is 4.89. The summed E-state index contributed by atoms with van der Waals surface area (Å²) in [6.45, 7) is 4.06. The fourth-order valence-electron chi connectivity index (χ4n) is 3.69. The number of nitrogens with zero attached hydrogens (tertiary/aromatic N) is 1. The number of aryl methyl sites for hydroxylation is 1. The second-order valence-corrected chi connectivity index (χ2v) is 9.81. The minimum absolute atomic E-state index is 0.00103. The van der Waals surface area contributed by atoms with Gasteiger partial charge in [-0.15, -0.1) is 0 Å². The molecular weight excluding hydrogens is 396 g/mol. The maximum absolute atomic E-state index is 12.8. The van der Waals surface area contributed by atoms with Gasteiger partial charge in [0.25, 0.3) is 0 Å². The van der Waals surface area contributed by atoms with E-state index in [-0.39, 0.29) is 29.7 Å². The van der Waals surface area contributed by atoms with Crippen molar-refractivity contribution in [2.45, 2.75) is 38.3 Å². The van der Waals surface area contributed by atoms with E-state index in [0.29, 0.717) is 38.5 Å². The van der Waals surface area contributed by atoms with Gasteiger partial charge in [0.05, 0.1) is 31.3 Å². The van der Waals surface area contributed by atoms with Crippen LogP contribution in [0.25, 0.3) is 0 Å². The summed E-state index contributed by atoms with van der Waals surface area (Å²) < 4.78 is 40.2. The van der Waals surface area contributed by atoms with Crippen LogP contribution < -0.4 is 10.1 Å². The molecule has 2 heterocycles. The summed E-state index contributed by atoms with van der Waals surface area (Å²) in [7, 11) is -1.53. The number of methoxy groups -OCH3 is 1. The van der Waals surface area contributed by atoms with Crippen LogP contribution in [0.15, 0.2) is 18.2 Å². The lowest BCUT2D eigenvalue weighted by Gasteiger charge is -2.28. The summed E-state index contributed by atoms with van der Waals surface area (Å²) in [5.41, 5.74) is 1.58. The fourth-order valence-corrected chi connectivity index (χ4v) is 5.42. The number of hydrogen-bond donors (Lipinski definition) is 1. The molecule has 9 heteroatoms. The van der Waals surface area contributed by atoms with E-state index in [0.717, 1.165) is 24.2 Å². The molecular formula is C20H30N2O6S. The average molecular weight is 427 g/mol. The van der Waals surface area contributed by atoms with Crippen LogP contribution in [0.2, 0.25) is 0 Å². The van der Waals surface area contributed by atoms with Crippen LogP contribution in [0.4, 0.5) is 10.5 Å². The molecule has 2 fully saturated rings. The van der Waals surface area contributed by atoms with Crippen LogP contribution in [0.5, 0.6) is 5.75 Å². The van der Waals surface area contributed by atoms with Crippen molar-refractivity contribution in [3.63, 3.8) is 0 Å². The molecule has 162 valence electrons. The fraction of sp³-hybridized carbons (Fsp3) is 0.650. The Morgan fingerprint density at radius 2 is 2.03 bits per heavy atom. The monoisotopic (exact) mass is 426 g/mol. The van der Waals surface area contributed by atoms with Gasteiger partial charge in [-0.25, -0.2) is 13.2 Å². The largest absolute Gasteiger partial charge is 0.490 e. The molecule has 1 aromatic carbocycles. The highest BCUT2D eigenvalue weighted by Crippen LogP contribution is 2.26. The van der Waals surface area contributed by atoms with E-state index in [1.165, 1.54) is 0 Å². The maximum Gasteiger partial charge on any atom is 0.322 e. The number of carbonyl (C=O) groups excluding carboxylic acids is 1. The first kappa shape index (κ1) is 21.9. The number of nitrogens with one attached hydrogen (secondary N) is 1. The molecule has 0 aromatic heterocycles. The smallest absolute Gasteiger partial charge is 0.322 e. The number of hydrogen-bond acceptors (Lipinski definition) is 6. The van der Waals surface area contributed by atoms with E-state index in [2.05, 4.69) is 5.32 Å². The van der Waals surface area contributed by atoms with Crippen molar-refractivity contribution < 1.29 is 27.4 Å². The Balaban J connectivity index is 1.64. The lowest BCUT2D eigenvalue weighted by Crippen LogP contribution is -2.45. The molecule has 29 heavy (non-hydrogen) atoms. The Kier molecular flexibility index (Phi) is 7.37. The van der Waals surface area contributed by atoms with Gasteiger partial charge in [-0.1, -0.05) is 0 Å². The molecule has 2 saturated heterocycles. The van der Waals surface area contributed by atoms with Crippen LogP contribution in [0, 0.1) is 6.92 Å². The first-order valence-corrected chi connectivity index (χ1v) is 11.8. The standard InChI is InChI=1S/C20H30N2O6S/c1-15-13-16(3-4-19(15)28-18-5-9-27-10-6-18)21-20(23)22(8-11-26-2)17-7-12-29(24,25)14-17/h3-4,13,17-18H,5-12,14H2,1-2H3,(H,21,23)/t17-/m1/s1. The summed E-state index contributed by atoms with van der Waals surface area (Å²) in [4.78, 5) is 14.4. The molecule has 8 nitrogen and oxygen atoms in total. The topological polar surface area (TPSA) is 94.2 Å². The Labute approximate surface area is 172 Å². The van der Waals surface area contributed by atoms with Crippen LogP contribution in [0.3, 0.4) is 0 Å². The summed E-state index contributed by atoms with van der Waals surface area (Å²) in [5.74, 6) is 0.917. The van der Waals surface area contributed by atoms with E-state index in [4.69, 9.17) is 14.2 Å². The number of benzene rings is 1. The van der Waals surface area contributed by atoms with Gasteiger partial charge in [0, 0.05) is 38.2 Å². The Morgan fingerprint density at radius 3 is 2.66 bits per heavy atom. The molecule has 1 atom stereocenters. The minimum Gasteiger partial charge on any atom is -0.490 e. The van der Waals surface area contributed by atoms with Gasteiger partial charge in [0.15, 0.2) is 9.84 Å². The molecule has 0 spiro atoms. The van der Waals surface area contributed by atoms with Gasteiger partial charge in [-0.2, -0.15) is 0 Å². The van der Waals surface area contributed by atoms with Gasteiger partial charge in [0.1, 0.15) is 11.9 Å². The number of amides is 2.